The van der Waals surface area contributed by atoms with Crippen LogP contribution in [0.3, 0.4) is 0 Å². The normalized spacial score (nSPS) is 19.6. The van der Waals surface area contributed by atoms with Gasteiger partial charge in [-0.3, -0.25) is 9.59 Å². The Morgan fingerprint density at radius 3 is 2.42 bits per heavy atom. The van der Waals surface area contributed by atoms with E-state index in [0.29, 0.717) is 12.3 Å². The molecule has 0 aliphatic carbocycles. The first-order valence-electron chi connectivity index (χ1n) is 9.47. The molecule has 0 saturated carbocycles. The van der Waals surface area contributed by atoms with Crippen molar-refractivity contribution in [3.05, 3.63) is 0 Å². The van der Waals surface area contributed by atoms with Crippen molar-refractivity contribution in [3.63, 3.8) is 0 Å². The fourth-order valence-corrected chi connectivity index (χ4v) is 3.58. The number of rotatable bonds is 7. The number of hydrogen-bond donors (Lipinski definition) is 2. The fourth-order valence-electron chi connectivity index (χ4n) is 3.58. The van der Waals surface area contributed by atoms with Crippen LogP contribution in [0.5, 0.6) is 0 Å². The number of likely N-dealkylation sites (tertiary alicyclic amines) is 1. The monoisotopic (exact) mass is 359 g/mol. The summed E-state index contributed by atoms with van der Waals surface area (Å²) in [6.45, 7) is 6.59. The van der Waals surface area contributed by atoms with Gasteiger partial charge in [-0.2, -0.15) is 0 Å². The summed E-state index contributed by atoms with van der Waals surface area (Å²) < 4.78 is 0. The molecule has 0 unspecified atom stereocenters. The van der Waals surface area contributed by atoms with Crippen LogP contribution in [0.1, 0.15) is 58.3 Å². The van der Waals surface area contributed by atoms with Crippen LogP contribution >= 0.6 is 12.4 Å². The second-order valence-corrected chi connectivity index (χ2v) is 7.03. The summed E-state index contributed by atoms with van der Waals surface area (Å²) in [7, 11) is 0. The zero-order valence-corrected chi connectivity index (χ0v) is 15.8. The predicted molar refractivity (Wildman–Crippen MR) is 99.3 cm³/mol. The van der Waals surface area contributed by atoms with Crippen molar-refractivity contribution >= 4 is 24.2 Å². The molecule has 0 aromatic carbocycles. The minimum atomic E-state index is 0. The largest absolute Gasteiger partial charge is 0.356 e. The lowest BCUT2D eigenvalue weighted by Gasteiger charge is -2.32. The highest BCUT2D eigenvalue weighted by Crippen LogP contribution is 2.21. The Kier molecular flexibility index (Phi) is 10.3. The van der Waals surface area contributed by atoms with Crippen molar-refractivity contribution in [1.82, 2.24) is 15.5 Å². The standard InChI is InChI=1S/C18H33N3O2.ClH/c1-2-3-10-20-18(23)16-8-13-21(14-9-16)17(22)5-4-15-6-11-19-12-7-15;/h15-16,19H,2-14H2,1H3,(H,20,23);1H. The molecule has 0 bridgehead atoms. The molecule has 2 N–H and O–H groups in total. The Hall–Kier alpha value is -0.810. The molecule has 2 aliphatic rings. The molecule has 2 fully saturated rings. The highest BCUT2D eigenvalue weighted by molar-refractivity contribution is 5.85. The van der Waals surface area contributed by atoms with Crippen LogP contribution in [0.2, 0.25) is 0 Å². The zero-order chi connectivity index (χ0) is 16.5. The third-order valence-electron chi connectivity index (χ3n) is 5.27. The second kappa shape index (κ2) is 11.7. The van der Waals surface area contributed by atoms with Gasteiger partial charge in [0.05, 0.1) is 0 Å². The minimum absolute atomic E-state index is 0. The van der Waals surface area contributed by atoms with E-state index < -0.39 is 0 Å². The van der Waals surface area contributed by atoms with Gasteiger partial charge < -0.3 is 15.5 Å². The average Bonchev–Trinajstić information content (AvgIpc) is 2.61. The molecular formula is C18H34ClN3O2. The van der Waals surface area contributed by atoms with Crippen LogP contribution in [-0.2, 0) is 9.59 Å². The van der Waals surface area contributed by atoms with E-state index in [1.54, 1.807) is 0 Å². The summed E-state index contributed by atoms with van der Waals surface area (Å²) in [5.74, 6) is 1.27. The third-order valence-corrected chi connectivity index (χ3v) is 5.27. The number of carbonyl (C=O) groups is 2. The van der Waals surface area contributed by atoms with E-state index in [-0.39, 0.29) is 30.1 Å². The molecule has 5 nitrogen and oxygen atoms in total. The summed E-state index contributed by atoms with van der Waals surface area (Å²) in [6.07, 6.45) is 7.88. The van der Waals surface area contributed by atoms with Gasteiger partial charge in [0.15, 0.2) is 0 Å². The maximum Gasteiger partial charge on any atom is 0.223 e. The molecule has 140 valence electrons. The van der Waals surface area contributed by atoms with Crippen molar-refractivity contribution in [2.45, 2.75) is 58.3 Å². The summed E-state index contributed by atoms with van der Waals surface area (Å²) in [5, 5.41) is 6.38. The van der Waals surface area contributed by atoms with Crippen molar-refractivity contribution in [2.24, 2.45) is 11.8 Å². The van der Waals surface area contributed by atoms with E-state index in [1.807, 2.05) is 4.90 Å². The summed E-state index contributed by atoms with van der Waals surface area (Å²) in [6, 6.07) is 0. The molecule has 2 amide bonds. The van der Waals surface area contributed by atoms with Crippen LogP contribution in [0.15, 0.2) is 0 Å². The molecule has 24 heavy (non-hydrogen) atoms. The lowest BCUT2D eigenvalue weighted by atomic mass is 9.92. The first-order valence-corrected chi connectivity index (χ1v) is 9.47. The van der Waals surface area contributed by atoms with Gasteiger partial charge in [0.25, 0.3) is 0 Å². The molecule has 0 aromatic heterocycles. The highest BCUT2D eigenvalue weighted by Gasteiger charge is 2.27. The number of hydrogen-bond acceptors (Lipinski definition) is 3. The number of piperidine rings is 2. The van der Waals surface area contributed by atoms with Gasteiger partial charge >= 0.3 is 0 Å². The lowest BCUT2D eigenvalue weighted by molar-refractivity contribution is -0.135. The van der Waals surface area contributed by atoms with Gasteiger partial charge in [-0.25, -0.2) is 0 Å². The Bertz CT molecular complexity index is 378. The van der Waals surface area contributed by atoms with Crippen LogP contribution in [0.4, 0.5) is 0 Å². The lowest BCUT2D eigenvalue weighted by Crippen LogP contribution is -2.43. The number of nitrogens with zero attached hydrogens (tertiary/aromatic N) is 1. The molecule has 6 heteroatoms. The Labute approximate surface area is 152 Å². The summed E-state index contributed by atoms with van der Waals surface area (Å²) in [5.41, 5.74) is 0. The highest BCUT2D eigenvalue weighted by atomic mass is 35.5. The quantitative estimate of drug-likeness (QED) is 0.686. The molecule has 0 atom stereocenters. The van der Waals surface area contributed by atoms with E-state index in [0.717, 1.165) is 64.8 Å². The van der Waals surface area contributed by atoms with E-state index in [2.05, 4.69) is 17.6 Å². The maximum atomic E-state index is 12.3. The van der Waals surface area contributed by atoms with Gasteiger partial charge in [-0.05, 0) is 57.5 Å². The minimum Gasteiger partial charge on any atom is -0.356 e. The van der Waals surface area contributed by atoms with Crippen LogP contribution in [0, 0.1) is 11.8 Å². The summed E-state index contributed by atoms with van der Waals surface area (Å²) >= 11 is 0. The Morgan fingerprint density at radius 1 is 1.12 bits per heavy atom. The Morgan fingerprint density at radius 2 is 1.79 bits per heavy atom. The predicted octanol–water partition coefficient (Wildman–Crippen LogP) is 2.34. The van der Waals surface area contributed by atoms with Crippen LogP contribution in [-0.4, -0.2) is 49.4 Å². The van der Waals surface area contributed by atoms with Crippen molar-refractivity contribution in [3.8, 4) is 0 Å². The molecule has 0 radical (unpaired) electrons. The number of carbonyl (C=O) groups excluding carboxylic acids is 2. The molecule has 2 rings (SSSR count). The fraction of sp³-hybridized carbons (Fsp3) is 0.889. The number of halogens is 1. The van der Waals surface area contributed by atoms with Crippen LogP contribution in [0.25, 0.3) is 0 Å². The van der Waals surface area contributed by atoms with Crippen LogP contribution < -0.4 is 10.6 Å². The maximum absolute atomic E-state index is 12.3. The molecule has 2 heterocycles. The van der Waals surface area contributed by atoms with E-state index in [1.165, 1.54) is 12.8 Å². The van der Waals surface area contributed by atoms with Crippen molar-refractivity contribution < 1.29 is 9.59 Å². The SMILES string of the molecule is CCCCNC(=O)C1CCN(C(=O)CCC2CCNCC2)CC1.Cl. The van der Waals surface area contributed by atoms with Gasteiger partial charge in [0.2, 0.25) is 11.8 Å². The second-order valence-electron chi connectivity index (χ2n) is 7.03. The Balaban J connectivity index is 0.00000288. The first-order chi connectivity index (χ1) is 11.2. The zero-order valence-electron chi connectivity index (χ0n) is 15.0. The molecule has 0 spiro atoms. The van der Waals surface area contributed by atoms with Gasteiger partial charge in [0.1, 0.15) is 0 Å². The smallest absolute Gasteiger partial charge is 0.223 e. The molecule has 0 aromatic rings. The number of nitrogens with one attached hydrogen (secondary N) is 2. The number of amides is 2. The van der Waals surface area contributed by atoms with E-state index in [4.69, 9.17) is 0 Å². The first kappa shape index (κ1) is 21.2. The molecular weight excluding hydrogens is 326 g/mol. The molecule has 2 saturated heterocycles. The van der Waals surface area contributed by atoms with E-state index >= 15 is 0 Å². The van der Waals surface area contributed by atoms with Gasteiger partial charge in [-0.1, -0.05) is 13.3 Å². The third kappa shape index (κ3) is 6.98. The van der Waals surface area contributed by atoms with Crippen molar-refractivity contribution in [2.75, 3.05) is 32.7 Å². The topological polar surface area (TPSA) is 61.4 Å². The number of unbranched alkanes of at least 4 members (excludes halogenated alkanes) is 1. The van der Waals surface area contributed by atoms with E-state index in [9.17, 15) is 9.59 Å². The molecule has 2 aliphatic heterocycles. The van der Waals surface area contributed by atoms with Crippen molar-refractivity contribution in [1.29, 1.82) is 0 Å². The van der Waals surface area contributed by atoms with Gasteiger partial charge in [0, 0.05) is 32.0 Å². The van der Waals surface area contributed by atoms with Gasteiger partial charge in [-0.15, -0.1) is 12.4 Å². The average molecular weight is 360 g/mol. The summed E-state index contributed by atoms with van der Waals surface area (Å²) in [4.78, 5) is 26.4.